The molecule has 1 N–H and O–H groups in total. The number of benzene rings is 2. The van der Waals surface area contributed by atoms with Crippen molar-refractivity contribution in [1.82, 2.24) is 4.57 Å². The van der Waals surface area contributed by atoms with Gasteiger partial charge in [0, 0.05) is 38.6 Å². The van der Waals surface area contributed by atoms with Crippen molar-refractivity contribution in [2.45, 2.75) is 76.6 Å². The summed E-state index contributed by atoms with van der Waals surface area (Å²) >= 11 is 6.74. The van der Waals surface area contributed by atoms with Crippen molar-refractivity contribution in [2.75, 3.05) is 6.73 Å². The van der Waals surface area contributed by atoms with E-state index in [2.05, 4.69) is 29.3 Å². The Morgan fingerprint density at radius 2 is 1.62 bits per heavy atom. The number of carbonyl (C=O) groups is 3. The van der Waals surface area contributed by atoms with E-state index in [1.165, 1.54) is 45.4 Å². The first-order valence-electron chi connectivity index (χ1n) is 13.8. The van der Waals surface area contributed by atoms with Crippen LogP contribution in [0.25, 0.3) is 10.9 Å². The van der Waals surface area contributed by atoms with Crippen LogP contribution in [0.2, 0.25) is 5.02 Å². The Labute approximate surface area is 248 Å². The number of nitrogens with zero attached hydrogens (tertiary/aromatic N) is 2. The molecule has 0 bridgehead atoms. The molecular formula is C31H33ClN2O8. The molecule has 1 aromatic heterocycles. The van der Waals surface area contributed by atoms with Gasteiger partial charge in [-0.15, -0.1) is 0 Å². The highest BCUT2D eigenvalue weighted by molar-refractivity contribution is 6.35. The van der Waals surface area contributed by atoms with E-state index in [4.69, 9.17) is 30.5 Å². The molecule has 1 saturated carbocycles. The summed E-state index contributed by atoms with van der Waals surface area (Å²) in [6.45, 7) is 3.08. The van der Waals surface area contributed by atoms with Crippen LogP contribution in [-0.2, 0) is 39.8 Å². The summed E-state index contributed by atoms with van der Waals surface area (Å²) in [4.78, 5) is 40.5. The third-order valence-electron chi connectivity index (χ3n) is 7.37. The first-order valence-corrected chi connectivity index (χ1v) is 14.2. The molecule has 11 heteroatoms. The smallest absolute Gasteiger partial charge is 0.303 e. The van der Waals surface area contributed by atoms with Crippen molar-refractivity contribution in [3.8, 4) is 0 Å². The normalized spacial score (nSPS) is 24.1. The lowest BCUT2D eigenvalue weighted by atomic mass is 9.97. The Hall–Kier alpha value is -3.73. The Morgan fingerprint density at radius 3 is 2.24 bits per heavy atom. The van der Waals surface area contributed by atoms with Crippen LogP contribution >= 0.6 is 11.6 Å². The minimum absolute atomic E-state index is 0.531. The largest absolute Gasteiger partial charge is 0.455 e. The van der Waals surface area contributed by atoms with Crippen molar-refractivity contribution >= 4 is 46.6 Å². The van der Waals surface area contributed by atoms with E-state index in [9.17, 15) is 19.5 Å². The second-order valence-corrected chi connectivity index (χ2v) is 11.0. The van der Waals surface area contributed by atoms with E-state index < -0.39 is 55.3 Å². The van der Waals surface area contributed by atoms with Gasteiger partial charge in [-0.3, -0.25) is 19.4 Å². The van der Waals surface area contributed by atoms with E-state index in [0.29, 0.717) is 22.9 Å². The number of hydrogen-bond donors (Lipinski definition) is 1. The molecule has 0 radical (unpaired) electrons. The van der Waals surface area contributed by atoms with Crippen LogP contribution in [0.1, 0.15) is 62.4 Å². The molecule has 222 valence electrons. The first kappa shape index (κ1) is 29.8. The SMILES string of the molecule is CC(=O)O[C@@H]1[C@@H](OC(C)=O)[C@H](n2cc(Cc3ccc(C4CC4)cc3)c3c(Cl)cccc32)O[C@H](C=NCO)[C@H]1OC(C)=O. The van der Waals surface area contributed by atoms with Gasteiger partial charge in [-0.2, -0.15) is 0 Å². The van der Waals surface area contributed by atoms with E-state index >= 15 is 0 Å². The quantitative estimate of drug-likeness (QED) is 0.218. The Bertz CT molecular complexity index is 1500. The molecule has 1 aliphatic heterocycles. The number of aliphatic hydroxyl groups is 1. The predicted octanol–water partition coefficient (Wildman–Crippen LogP) is 4.48. The van der Waals surface area contributed by atoms with E-state index in [1.807, 2.05) is 12.3 Å². The van der Waals surface area contributed by atoms with Gasteiger partial charge < -0.3 is 28.6 Å². The number of hydrogen-bond acceptors (Lipinski definition) is 9. The number of ether oxygens (including phenoxy) is 4. The molecule has 2 aliphatic rings. The van der Waals surface area contributed by atoms with Crippen molar-refractivity contribution < 1.29 is 38.4 Å². The average molecular weight is 597 g/mol. The fraction of sp³-hybridized carbons (Fsp3) is 0.419. The van der Waals surface area contributed by atoms with Gasteiger partial charge in [-0.25, -0.2) is 0 Å². The molecule has 1 aliphatic carbocycles. The number of aliphatic imine (C=N–C) groups is 1. The molecule has 5 rings (SSSR count). The topological polar surface area (TPSA) is 126 Å². The predicted molar refractivity (Wildman–Crippen MR) is 154 cm³/mol. The average Bonchev–Trinajstić information content (AvgIpc) is 3.72. The van der Waals surface area contributed by atoms with Crippen LogP contribution in [0.5, 0.6) is 0 Å². The number of aliphatic hydroxyl groups excluding tert-OH is 1. The van der Waals surface area contributed by atoms with Crippen molar-refractivity contribution in [3.63, 3.8) is 0 Å². The third kappa shape index (κ3) is 6.51. The van der Waals surface area contributed by atoms with Crippen LogP contribution < -0.4 is 0 Å². The first-order chi connectivity index (χ1) is 20.2. The zero-order valence-electron chi connectivity index (χ0n) is 23.6. The highest BCUT2D eigenvalue weighted by Crippen LogP contribution is 2.41. The fourth-order valence-electron chi connectivity index (χ4n) is 5.55. The lowest BCUT2D eigenvalue weighted by Gasteiger charge is -2.44. The van der Waals surface area contributed by atoms with Gasteiger partial charge in [0.05, 0.1) is 10.5 Å². The van der Waals surface area contributed by atoms with Gasteiger partial charge in [0.1, 0.15) is 12.8 Å². The van der Waals surface area contributed by atoms with Crippen LogP contribution in [0.4, 0.5) is 0 Å². The molecule has 1 saturated heterocycles. The number of fused-ring (bicyclic) bond motifs is 1. The number of rotatable bonds is 9. The van der Waals surface area contributed by atoms with Gasteiger partial charge in [-0.05, 0) is 54.0 Å². The highest BCUT2D eigenvalue weighted by Gasteiger charge is 2.52. The van der Waals surface area contributed by atoms with E-state index in [-0.39, 0.29) is 0 Å². The molecule has 0 spiro atoms. The lowest BCUT2D eigenvalue weighted by molar-refractivity contribution is -0.249. The maximum absolute atomic E-state index is 12.3. The summed E-state index contributed by atoms with van der Waals surface area (Å²) in [6, 6.07) is 14.0. The van der Waals surface area contributed by atoms with E-state index in [0.717, 1.165) is 16.5 Å². The van der Waals surface area contributed by atoms with E-state index in [1.54, 1.807) is 16.7 Å². The Balaban J connectivity index is 1.61. The van der Waals surface area contributed by atoms with Crippen LogP contribution in [-0.4, -0.2) is 64.9 Å². The molecule has 3 aromatic rings. The van der Waals surface area contributed by atoms with Crippen LogP contribution in [0.3, 0.4) is 0 Å². The molecule has 2 fully saturated rings. The fourth-order valence-corrected chi connectivity index (χ4v) is 5.84. The Kier molecular flexibility index (Phi) is 8.96. The van der Waals surface area contributed by atoms with Crippen molar-refractivity contribution in [2.24, 2.45) is 4.99 Å². The number of aromatic nitrogens is 1. The Morgan fingerprint density at radius 1 is 0.976 bits per heavy atom. The lowest BCUT2D eigenvalue weighted by Crippen LogP contribution is -2.59. The highest BCUT2D eigenvalue weighted by atomic mass is 35.5. The summed E-state index contributed by atoms with van der Waals surface area (Å²) in [5, 5.41) is 10.7. The third-order valence-corrected chi connectivity index (χ3v) is 7.69. The molecule has 0 amide bonds. The van der Waals surface area contributed by atoms with Crippen molar-refractivity contribution in [3.05, 3.63) is 70.4 Å². The standard InChI is InChI=1S/C31H33ClN2O8/c1-17(36)39-28-26(14-33-16-35)42-31(30(41-19(3)38)29(28)40-18(2)37)34-15-23(27-24(32)5-4-6-25(27)34)13-20-7-9-21(10-8-20)22-11-12-22/h4-10,14-15,22,26,28-31,35H,11-13,16H2,1-3H3/t26-,28-,29+,30-,31-/m1/s1. The minimum Gasteiger partial charge on any atom is -0.455 e. The van der Waals surface area contributed by atoms with Gasteiger partial charge in [0.15, 0.2) is 24.5 Å². The maximum atomic E-state index is 12.3. The zero-order valence-corrected chi connectivity index (χ0v) is 24.3. The van der Waals surface area contributed by atoms with Gasteiger partial charge in [-0.1, -0.05) is 41.9 Å². The number of esters is 3. The minimum atomic E-state index is -1.25. The van der Waals surface area contributed by atoms with Gasteiger partial charge in [0.25, 0.3) is 0 Å². The summed E-state index contributed by atoms with van der Waals surface area (Å²) in [5.41, 5.74) is 4.04. The summed E-state index contributed by atoms with van der Waals surface area (Å²) in [6.07, 6.45) is 0.400. The monoisotopic (exact) mass is 596 g/mol. The van der Waals surface area contributed by atoms with Gasteiger partial charge in [0.2, 0.25) is 0 Å². The second kappa shape index (κ2) is 12.6. The molecule has 42 heavy (non-hydrogen) atoms. The summed E-state index contributed by atoms with van der Waals surface area (Å²) < 4.78 is 25.0. The zero-order chi connectivity index (χ0) is 30.0. The molecule has 0 unspecified atom stereocenters. The molecule has 2 heterocycles. The number of halogens is 1. The van der Waals surface area contributed by atoms with Crippen molar-refractivity contribution in [1.29, 1.82) is 0 Å². The van der Waals surface area contributed by atoms with Crippen LogP contribution in [0, 0.1) is 0 Å². The molecular weight excluding hydrogens is 564 g/mol. The maximum Gasteiger partial charge on any atom is 0.303 e. The number of carbonyl (C=O) groups excluding carboxylic acids is 3. The molecule has 5 atom stereocenters. The summed E-state index contributed by atoms with van der Waals surface area (Å²) in [5.74, 6) is -1.35. The second-order valence-electron chi connectivity index (χ2n) is 10.6. The molecule has 2 aromatic carbocycles. The molecule has 10 nitrogen and oxygen atoms in total. The summed E-state index contributed by atoms with van der Waals surface area (Å²) in [7, 11) is 0. The van der Waals surface area contributed by atoms with Gasteiger partial charge >= 0.3 is 17.9 Å². The van der Waals surface area contributed by atoms with Crippen LogP contribution in [0.15, 0.2) is 53.7 Å².